The molecular formula is C29H40N4O2. The molecule has 0 spiro atoms. The zero-order valence-corrected chi connectivity index (χ0v) is 22.1. The first-order chi connectivity index (χ1) is 16.7. The third-order valence-electron chi connectivity index (χ3n) is 6.05. The fourth-order valence-electron chi connectivity index (χ4n) is 4.34. The van der Waals surface area contributed by atoms with E-state index in [4.69, 9.17) is 0 Å². The largest absolute Gasteiger partial charge is 0.273 e. The normalized spacial score (nSPS) is 11.4. The predicted molar refractivity (Wildman–Crippen MR) is 145 cm³/mol. The Labute approximate surface area is 210 Å². The molecule has 0 saturated heterocycles. The second-order valence-electron chi connectivity index (χ2n) is 9.48. The Hall–Kier alpha value is -3.28. The third kappa shape index (κ3) is 9.85. The van der Waals surface area contributed by atoms with Gasteiger partial charge in [-0.25, -0.2) is 10.9 Å². The molecule has 35 heavy (non-hydrogen) atoms. The minimum Gasteiger partial charge on any atom is -0.273 e. The van der Waals surface area contributed by atoms with E-state index in [1.807, 2.05) is 27.7 Å². The Morgan fingerprint density at radius 3 is 1.26 bits per heavy atom. The number of aryl methyl sites for hydroxylation is 6. The molecule has 0 aliphatic carbocycles. The fraction of sp³-hybridized carbons (Fsp3) is 0.448. The van der Waals surface area contributed by atoms with Gasteiger partial charge in [0.15, 0.2) is 0 Å². The van der Waals surface area contributed by atoms with Gasteiger partial charge in [0.1, 0.15) is 0 Å². The minimum absolute atomic E-state index is 0.0695. The van der Waals surface area contributed by atoms with Crippen LogP contribution in [0.2, 0.25) is 0 Å². The molecule has 0 saturated carbocycles. The number of nitrogens with one attached hydrogen (secondary N) is 2. The zero-order chi connectivity index (χ0) is 25.8. The highest BCUT2D eigenvalue weighted by Crippen LogP contribution is 2.15. The summed E-state index contributed by atoms with van der Waals surface area (Å²) >= 11 is 0. The van der Waals surface area contributed by atoms with Crippen LogP contribution in [0.25, 0.3) is 0 Å². The Bertz CT molecular complexity index is 955. The number of rotatable bonds is 12. The average Bonchev–Trinajstić information content (AvgIpc) is 2.76. The molecule has 188 valence electrons. The first-order valence-corrected chi connectivity index (χ1v) is 12.5. The minimum atomic E-state index is -0.0695. The van der Waals surface area contributed by atoms with Crippen molar-refractivity contribution in [3.63, 3.8) is 0 Å². The lowest BCUT2D eigenvalue weighted by Crippen LogP contribution is -2.17. The topological polar surface area (TPSA) is 82.9 Å². The summed E-state index contributed by atoms with van der Waals surface area (Å²) in [7, 11) is 0. The fourth-order valence-corrected chi connectivity index (χ4v) is 4.34. The summed E-state index contributed by atoms with van der Waals surface area (Å²) in [6, 6.07) is 8.44. The van der Waals surface area contributed by atoms with E-state index in [1.165, 1.54) is 11.1 Å². The molecule has 2 aromatic carbocycles. The van der Waals surface area contributed by atoms with E-state index in [-0.39, 0.29) is 11.8 Å². The zero-order valence-electron chi connectivity index (χ0n) is 22.1. The average molecular weight is 477 g/mol. The Morgan fingerprint density at radius 1 is 0.600 bits per heavy atom. The number of hydrogen-bond donors (Lipinski definition) is 2. The maximum absolute atomic E-state index is 12.0. The molecule has 2 N–H and O–H groups in total. The summed E-state index contributed by atoms with van der Waals surface area (Å²) in [5.74, 6) is -0.139. The summed E-state index contributed by atoms with van der Waals surface area (Å²) in [5.41, 5.74) is 14.4. The number of nitrogens with zero attached hydrogens (tertiary/aromatic N) is 2. The van der Waals surface area contributed by atoms with Gasteiger partial charge in [-0.3, -0.25) is 9.59 Å². The van der Waals surface area contributed by atoms with Gasteiger partial charge in [0.2, 0.25) is 11.8 Å². The lowest BCUT2D eigenvalue weighted by atomic mass is 10.0. The van der Waals surface area contributed by atoms with Crippen molar-refractivity contribution >= 4 is 24.2 Å². The lowest BCUT2D eigenvalue weighted by Gasteiger charge is -2.07. The van der Waals surface area contributed by atoms with E-state index < -0.39 is 0 Å². The molecule has 0 bridgehead atoms. The van der Waals surface area contributed by atoms with Crippen molar-refractivity contribution in [3.8, 4) is 0 Å². The van der Waals surface area contributed by atoms with Gasteiger partial charge in [0, 0.05) is 24.0 Å². The Kier molecular flexibility index (Phi) is 11.3. The maximum atomic E-state index is 12.0. The van der Waals surface area contributed by atoms with Crippen molar-refractivity contribution in [2.24, 2.45) is 10.2 Å². The van der Waals surface area contributed by atoms with Gasteiger partial charge in [-0.15, -0.1) is 0 Å². The summed E-state index contributed by atoms with van der Waals surface area (Å²) < 4.78 is 0. The van der Waals surface area contributed by atoms with Gasteiger partial charge in [-0.2, -0.15) is 10.2 Å². The van der Waals surface area contributed by atoms with Crippen LogP contribution in [-0.2, 0) is 9.59 Å². The maximum Gasteiger partial charge on any atom is 0.240 e. The first kappa shape index (κ1) is 28.0. The van der Waals surface area contributed by atoms with Crippen LogP contribution in [0.5, 0.6) is 0 Å². The highest BCUT2D eigenvalue weighted by Gasteiger charge is 2.04. The van der Waals surface area contributed by atoms with Crippen LogP contribution in [0.3, 0.4) is 0 Å². The molecule has 6 heteroatoms. The number of carbonyl (C=O) groups excluding carboxylic acids is 2. The van der Waals surface area contributed by atoms with E-state index in [0.29, 0.717) is 12.8 Å². The van der Waals surface area contributed by atoms with Gasteiger partial charge in [0.05, 0.1) is 12.4 Å². The molecule has 0 fully saturated rings. The second-order valence-corrected chi connectivity index (χ2v) is 9.48. The number of hydrazone groups is 2. The summed E-state index contributed by atoms with van der Waals surface area (Å²) in [5, 5.41) is 8.23. The molecular weight excluding hydrogens is 436 g/mol. The molecule has 0 aliphatic heterocycles. The van der Waals surface area contributed by atoms with E-state index in [1.54, 1.807) is 12.4 Å². The molecule has 2 rings (SSSR count). The van der Waals surface area contributed by atoms with Crippen molar-refractivity contribution in [1.29, 1.82) is 0 Å². The van der Waals surface area contributed by atoms with E-state index in [9.17, 15) is 9.59 Å². The van der Waals surface area contributed by atoms with Crippen LogP contribution in [0, 0.1) is 41.5 Å². The van der Waals surface area contributed by atoms with Crippen LogP contribution in [0.4, 0.5) is 0 Å². The highest BCUT2D eigenvalue weighted by molar-refractivity contribution is 5.86. The molecule has 2 amide bonds. The predicted octanol–water partition coefficient (Wildman–Crippen LogP) is 5.87. The van der Waals surface area contributed by atoms with Gasteiger partial charge in [0.25, 0.3) is 0 Å². The molecule has 0 atom stereocenters. The van der Waals surface area contributed by atoms with Crippen molar-refractivity contribution < 1.29 is 9.59 Å². The molecule has 0 aliphatic rings. The van der Waals surface area contributed by atoms with Gasteiger partial charge in [-0.1, -0.05) is 54.7 Å². The van der Waals surface area contributed by atoms with E-state index in [0.717, 1.165) is 65.5 Å². The summed E-state index contributed by atoms with van der Waals surface area (Å²) in [6.45, 7) is 12.3. The number of hydrogen-bond acceptors (Lipinski definition) is 4. The van der Waals surface area contributed by atoms with Crippen molar-refractivity contribution in [3.05, 3.63) is 68.8 Å². The van der Waals surface area contributed by atoms with Crippen molar-refractivity contribution in [1.82, 2.24) is 10.9 Å². The van der Waals surface area contributed by atoms with Crippen LogP contribution in [0.15, 0.2) is 34.5 Å². The lowest BCUT2D eigenvalue weighted by molar-refractivity contribution is -0.121. The summed E-state index contributed by atoms with van der Waals surface area (Å²) in [4.78, 5) is 24.0. The highest BCUT2D eigenvalue weighted by atomic mass is 16.2. The third-order valence-corrected chi connectivity index (χ3v) is 6.05. The van der Waals surface area contributed by atoms with E-state index in [2.05, 4.69) is 59.2 Å². The first-order valence-electron chi connectivity index (χ1n) is 12.5. The number of benzene rings is 2. The second kappa shape index (κ2) is 14.2. The van der Waals surface area contributed by atoms with Gasteiger partial charge in [-0.05, 0) is 76.6 Å². The molecule has 0 aromatic heterocycles. The Balaban J connectivity index is 1.56. The van der Waals surface area contributed by atoms with Crippen molar-refractivity contribution in [2.45, 2.75) is 86.5 Å². The summed E-state index contributed by atoms with van der Waals surface area (Å²) in [6.07, 6.45) is 8.90. The van der Waals surface area contributed by atoms with Crippen LogP contribution < -0.4 is 10.9 Å². The van der Waals surface area contributed by atoms with Crippen LogP contribution >= 0.6 is 0 Å². The quantitative estimate of drug-likeness (QED) is 0.228. The molecule has 0 unspecified atom stereocenters. The van der Waals surface area contributed by atoms with Crippen LogP contribution in [0.1, 0.15) is 89.5 Å². The monoisotopic (exact) mass is 476 g/mol. The van der Waals surface area contributed by atoms with E-state index >= 15 is 0 Å². The molecule has 6 nitrogen and oxygen atoms in total. The number of amides is 2. The molecule has 2 aromatic rings. The number of carbonyl (C=O) groups is 2. The van der Waals surface area contributed by atoms with Crippen LogP contribution in [-0.4, -0.2) is 24.2 Å². The SMILES string of the molecule is Cc1cc(C)c(/C=N\NC(=O)CCCCCCCC(=O)N/N=C\c2c(C)cc(C)cc2C)c(C)c1. The van der Waals surface area contributed by atoms with Crippen molar-refractivity contribution in [2.75, 3.05) is 0 Å². The Morgan fingerprint density at radius 2 is 0.914 bits per heavy atom. The molecule has 0 radical (unpaired) electrons. The number of unbranched alkanes of at least 4 members (excludes halogenated alkanes) is 4. The van der Waals surface area contributed by atoms with Gasteiger partial charge >= 0.3 is 0 Å². The molecule has 0 heterocycles. The van der Waals surface area contributed by atoms with Gasteiger partial charge < -0.3 is 0 Å². The standard InChI is InChI=1S/C29H40N4O2/c1-20-14-22(3)26(23(4)15-20)18-30-32-28(34)12-10-8-7-9-11-13-29(35)33-31-19-27-24(5)16-21(2)17-25(27)6/h14-19H,7-13H2,1-6H3,(H,32,34)(H,33,35)/b30-18-,31-19-. The smallest absolute Gasteiger partial charge is 0.240 e.